The van der Waals surface area contributed by atoms with E-state index < -0.39 is 0 Å². The molecule has 6 rings (SSSR count). The molecule has 8 nitrogen and oxygen atoms in total. The summed E-state index contributed by atoms with van der Waals surface area (Å²) < 4.78 is 7.17. The summed E-state index contributed by atoms with van der Waals surface area (Å²) in [4.78, 5) is 24.5. The number of nitrogens with one attached hydrogen (secondary N) is 1. The highest BCUT2D eigenvalue weighted by atomic mass is 16.5. The molecule has 3 aromatic rings. The number of rotatable bonds is 4. The van der Waals surface area contributed by atoms with Crippen LogP contribution in [0.25, 0.3) is 11.1 Å². The predicted octanol–water partition coefficient (Wildman–Crippen LogP) is 2.97. The molecule has 3 aromatic heterocycles. The van der Waals surface area contributed by atoms with Gasteiger partial charge in [0.05, 0.1) is 24.5 Å². The van der Waals surface area contributed by atoms with Gasteiger partial charge < -0.3 is 15.0 Å². The average Bonchev–Trinajstić information content (AvgIpc) is 3.11. The molecular weight excluding hydrogens is 428 g/mol. The van der Waals surface area contributed by atoms with Crippen molar-refractivity contribution >= 4 is 11.7 Å². The Morgan fingerprint density at radius 3 is 2.68 bits per heavy atom. The molecule has 5 heterocycles. The van der Waals surface area contributed by atoms with Crippen LogP contribution >= 0.6 is 0 Å². The summed E-state index contributed by atoms with van der Waals surface area (Å²) in [6, 6.07) is 4.44. The van der Waals surface area contributed by atoms with E-state index in [0.29, 0.717) is 11.0 Å². The van der Waals surface area contributed by atoms with Gasteiger partial charge in [0.2, 0.25) is 0 Å². The molecular formula is C26H30N6O2. The normalized spacial score (nSPS) is 18.9. The van der Waals surface area contributed by atoms with Crippen LogP contribution in [0.3, 0.4) is 0 Å². The summed E-state index contributed by atoms with van der Waals surface area (Å²) in [6.45, 7) is 7.35. The zero-order chi connectivity index (χ0) is 23.4. The number of aromatic nitrogens is 4. The van der Waals surface area contributed by atoms with Gasteiger partial charge in [-0.2, -0.15) is 5.10 Å². The molecule has 1 saturated carbocycles. The minimum atomic E-state index is -0.0353. The van der Waals surface area contributed by atoms with E-state index >= 15 is 0 Å². The Balaban J connectivity index is 1.16. The van der Waals surface area contributed by atoms with Crippen molar-refractivity contribution in [3.63, 3.8) is 0 Å². The first-order chi connectivity index (χ1) is 16.4. The first-order valence-electron chi connectivity index (χ1n) is 12.0. The van der Waals surface area contributed by atoms with Crippen molar-refractivity contribution in [3.8, 4) is 11.1 Å². The molecule has 34 heavy (non-hydrogen) atoms. The molecule has 0 radical (unpaired) electrons. The van der Waals surface area contributed by atoms with Gasteiger partial charge in [-0.25, -0.2) is 4.98 Å². The third-order valence-corrected chi connectivity index (χ3v) is 7.49. The fourth-order valence-electron chi connectivity index (χ4n) is 5.64. The number of carbonyl (C=O) groups is 1. The lowest BCUT2D eigenvalue weighted by molar-refractivity contribution is -0.165. The standard InChI is InChI=1S/C26H30N6O2/c1-16-6-19(25(33)29-21-8-26(9-21)14-34-15-26)11-28-24(16)32-5-4-23-20(12-32)7-18(10-27-23)22-13-31(3)30-17(22)2/h6-7,10-11,13,21H,4-5,8-9,12,14-15H2,1-3H3,(H,29,33). The lowest BCUT2D eigenvalue weighted by Gasteiger charge is -2.53. The number of nitrogens with zero attached hydrogens (tertiary/aromatic N) is 5. The average molecular weight is 459 g/mol. The van der Waals surface area contributed by atoms with Crippen LogP contribution in [0.2, 0.25) is 0 Å². The van der Waals surface area contributed by atoms with Gasteiger partial charge in [-0.15, -0.1) is 0 Å². The number of pyridine rings is 2. The summed E-state index contributed by atoms with van der Waals surface area (Å²) in [5, 5.41) is 7.63. The van der Waals surface area contributed by atoms with E-state index in [9.17, 15) is 4.79 Å². The first kappa shape index (κ1) is 21.3. The number of aryl methyl sites for hydroxylation is 3. The summed E-state index contributed by atoms with van der Waals surface area (Å²) in [7, 11) is 1.94. The van der Waals surface area contributed by atoms with Gasteiger partial charge in [-0.1, -0.05) is 0 Å². The third kappa shape index (κ3) is 3.66. The number of ether oxygens (including phenoxy) is 1. The number of anilines is 1. The molecule has 1 aliphatic carbocycles. The fraction of sp³-hybridized carbons (Fsp3) is 0.462. The summed E-state index contributed by atoms with van der Waals surface area (Å²) in [5.41, 5.74) is 7.54. The fourth-order valence-corrected chi connectivity index (χ4v) is 5.64. The minimum Gasteiger partial charge on any atom is -0.380 e. The summed E-state index contributed by atoms with van der Waals surface area (Å²) in [6.07, 6.45) is 8.62. The Bertz CT molecular complexity index is 1270. The van der Waals surface area contributed by atoms with Crippen LogP contribution in [0.1, 0.15) is 45.7 Å². The van der Waals surface area contributed by atoms with Crippen LogP contribution in [0.5, 0.6) is 0 Å². The van der Waals surface area contributed by atoms with E-state index in [-0.39, 0.29) is 11.9 Å². The Labute approximate surface area is 199 Å². The van der Waals surface area contributed by atoms with E-state index in [2.05, 4.69) is 21.4 Å². The lowest BCUT2D eigenvalue weighted by Crippen LogP contribution is -2.59. The molecule has 8 heteroatoms. The number of fused-ring (bicyclic) bond motifs is 1. The smallest absolute Gasteiger partial charge is 0.253 e. The monoisotopic (exact) mass is 458 g/mol. The largest absolute Gasteiger partial charge is 0.380 e. The highest BCUT2D eigenvalue weighted by Crippen LogP contribution is 2.46. The zero-order valence-electron chi connectivity index (χ0n) is 20.0. The van der Waals surface area contributed by atoms with Crippen molar-refractivity contribution in [1.29, 1.82) is 0 Å². The molecule has 1 spiro atoms. The van der Waals surface area contributed by atoms with Crippen LogP contribution in [-0.4, -0.2) is 51.5 Å². The summed E-state index contributed by atoms with van der Waals surface area (Å²) >= 11 is 0. The summed E-state index contributed by atoms with van der Waals surface area (Å²) in [5.74, 6) is 0.895. The maximum atomic E-state index is 12.8. The van der Waals surface area contributed by atoms with E-state index in [4.69, 9.17) is 14.7 Å². The quantitative estimate of drug-likeness (QED) is 0.647. The van der Waals surface area contributed by atoms with E-state index in [1.807, 2.05) is 44.0 Å². The first-order valence-corrected chi connectivity index (χ1v) is 12.0. The van der Waals surface area contributed by atoms with Crippen molar-refractivity contribution in [2.75, 3.05) is 24.7 Å². The SMILES string of the molecule is Cc1cc(C(=O)NC2CC3(COC3)C2)cnc1N1CCc2ncc(-c3cn(C)nc3C)cc2C1. The molecule has 0 unspecified atom stereocenters. The molecule has 176 valence electrons. The van der Waals surface area contributed by atoms with Crippen molar-refractivity contribution in [3.05, 3.63) is 58.8 Å². The Kier molecular flexibility index (Phi) is 4.95. The Hall–Kier alpha value is -3.26. The third-order valence-electron chi connectivity index (χ3n) is 7.49. The van der Waals surface area contributed by atoms with E-state index in [1.165, 1.54) is 5.56 Å². The van der Waals surface area contributed by atoms with Gasteiger partial charge in [-0.05, 0) is 49.9 Å². The molecule has 2 fully saturated rings. The van der Waals surface area contributed by atoms with Gasteiger partial charge in [0, 0.05) is 73.4 Å². The lowest BCUT2D eigenvalue weighted by atomic mass is 9.64. The number of amides is 1. The maximum absolute atomic E-state index is 12.8. The van der Waals surface area contributed by atoms with Crippen LogP contribution in [-0.2, 0) is 24.8 Å². The Morgan fingerprint density at radius 1 is 1.18 bits per heavy atom. The molecule has 3 aliphatic rings. The number of carbonyl (C=O) groups excluding carboxylic acids is 1. The second-order valence-electron chi connectivity index (χ2n) is 10.2. The second kappa shape index (κ2) is 7.91. The second-order valence-corrected chi connectivity index (χ2v) is 10.2. The van der Waals surface area contributed by atoms with Crippen molar-refractivity contribution < 1.29 is 9.53 Å². The number of hydrogen-bond donors (Lipinski definition) is 1. The minimum absolute atomic E-state index is 0.0353. The van der Waals surface area contributed by atoms with Crippen LogP contribution in [0.4, 0.5) is 5.82 Å². The van der Waals surface area contributed by atoms with E-state index in [1.54, 1.807) is 6.20 Å². The molecule has 1 amide bonds. The molecule has 0 aromatic carbocycles. The van der Waals surface area contributed by atoms with Crippen molar-refractivity contribution in [1.82, 2.24) is 25.1 Å². The van der Waals surface area contributed by atoms with Gasteiger partial charge in [0.15, 0.2) is 0 Å². The van der Waals surface area contributed by atoms with Gasteiger partial charge in [0.1, 0.15) is 5.82 Å². The topological polar surface area (TPSA) is 85.2 Å². The van der Waals surface area contributed by atoms with Gasteiger partial charge in [-0.3, -0.25) is 14.5 Å². The highest BCUT2D eigenvalue weighted by molar-refractivity contribution is 5.94. The molecule has 0 bridgehead atoms. The van der Waals surface area contributed by atoms with Gasteiger partial charge in [0.25, 0.3) is 5.91 Å². The van der Waals surface area contributed by atoms with Gasteiger partial charge >= 0.3 is 0 Å². The van der Waals surface area contributed by atoms with E-state index in [0.717, 1.165) is 79.5 Å². The highest BCUT2D eigenvalue weighted by Gasteiger charge is 2.50. The molecule has 2 aliphatic heterocycles. The predicted molar refractivity (Wildman–Crippen MR) is 129 cm³/mol. The van der Waals surface area contributed by atoms with Crippen molar-refractivity contribution in [2.45, 2.75) is 45.7 Å². The van der Waals surface area contributed by atoms with Crippen LogP contribution < -0.4 is 10.2 Å². The Morgan fingerprint density at radius 2 is 2.00 bits per heavy atom. The van der Waals surface area contributed by atoms with Crippen LogP contribution in [0, 0.1) is 19.3 Å². The van der Waals surface area contributed by atoms with Crippen LogP contribution in [0.15, 0.2) is 30.7 Å². The number of hydrogen-bond acceptors (Lipinski definition) is 6. The molecule has 1 N–H and O–H groups in total. The molecule has 1 saturated heterocycles. The maximum Gasteiger partial charge on any atom is 0.253 e. The molecule has 0 atom stereocenters. The zero-order valence-corrected chi connectivity index (χ0v) is 20.0. The van der Waals surface area contributed by atoms with Crippen molar-refractivity contribution in [2.24, 2.45) is 12.5 Å².